The van der Waals surface area contributed by atoms with Gasteiger partial charge in [-0.2, -0.15) is 0 Å². The lowest BCUT2D eigenvalue weighted by Crippen LogP contribution is -2.15. The molecular formula is C16H17Cl2NO. The van der Waals surface area contributed by atoms with Crippen LogP contribution in [-0.4, -0.2) is 7.11 Å². The molecule has 1 unspecified atom stereocenters. The van der Waals surface area contributed by atoms with Gasteiger partial charge in [0.15, 0.2) is 0 Å². The number of hydrogen-bond acceptors (Lipinski definition) is 2. The van der Waals surface area contributed by atoms with Gasteiger partial charge >= 0.3 is 0 Å². The largest absolute Gasteiger partial charge is 0.496 e. The molecular weight excluding hydrogens is 293 g/mol. The van der Waals surface area contributed by atoms with Crippen LogP contribution < -0.4 is 10.5 Å². The zero-order valence-electron chi connectivity index (χ0n) is 11.7. The van der Waals surface area contributed by atoms with Crippen molar-refractivity contribution < 1.29 is 4.74 Å². The first-order chi connectivity index (χ1) is 9.45. The lowest BCUT2D eigenvalue weighted by molar-refractivity contribution is 0.407. The summed E-state index contributed by atoms with van der Waals surface area (Å²) in [5.41, 5.74) is 10.3. The molecule has 0 spiro atoms. The average Bonchev–Trinajstić information content (AvgIpc) is 2.40. The lowest BCUT2D eigenvalue weighted by atomic mass is 9.93. The summed E-state index contributed by atoms with van der Waals surface area (Å²) >= 11 is 12.3. The van der Waals surface area contributed by atoms with Gasteiger partial charge in [0, 0.05) is 5.56 Å². The molecule has 0 bridgehead atoms. The minimum atomic E-state index is -0.378. The molecule has 0 saturated carbocycles. The molecule has 4 heteroatoms. The van der Waals surface area contributed by atoms with Crippen LogP contribution in [-0.2, 0) is 0 Å². The van der Waals surface area contributed by atoms with E-state index in [4.69, 9.17) is 33.7 Å². The van der Waals surface area contributed by atoms with E-state index < -0.39 is 0 Å². The number of aryl methyl sites for hydroxylation is 2. The Balaban J connectivity index is 2.59. The Hall–Kier alpha value is -1.22. The molecule has 0 aromatic heterocycles. The van der Waals surface area contributed by atoms with E-state index in [0.717, 1.165) is 28.0 Å². The van der Waals surface area contributed by atoms with Gasteiger partial charge in [-0.05, 0) is 42.7 Å². The maximum atomic E-state index is 6.39. The van der Waals surface area contributed by atoms with Crippen molar-refractivity contribution in [3.05, 3.63) is 62.6 Å². The molecule has 1 atom stereocenters. The first-order valence-corrected chi connectivity index (χ1v) is 7.06. The van der Waals surface area contributed by atoms with Gasteiger partial charge in [0.25, 0.3) is 0 Å². The lowest BCUT2D eigenvalue weighted by Gasteiger charge is -2.20. The van der Waals surface area contributed by atoms with Crippen LogP contribution in [0.15, 0.2) is 30.3 Å². The molecule has 106 valence electrons. The normalized spacial score (nSPS) is 12.3. The van der Waals surface area contributed by atoms with Crippen molar-refractivity contribution in [2.75, 3.05) is 7.11 Å². The smallest absolute Gasteiger partial charge is 0.124 e. The van der Waals surface area contributed by atoms with Crippen molar-refractivity contribution in [3.8, 4) is 5.75 Å². The van der Waals surface area contributed by atoms with E-state index in [0.29, 0.717) is 10.0 Å². The highest BCUT2D eigenvalue weighted by Gasteiger charge is 2.20. The summed E-state index contributed by atoms with van der Waals surface area (Å²) in [4.78, 5) is 0. The summed E-state index contributed by atoms with van der Waals surface area (Å²) < 4.78 is 5.46. The topological polar surface area (TPSA) is 35.2 Å². The molecule has 2 nitrogen and oxygen atoms in total. The second kappa shape index (κ2) is 6.04. The summed E-state index contributed by atoms with van der Waals surface area (Å²) in [7, 11) is 1.64. The Labute approximate surface area is 129 Å². The SMILES string of the molecule is COc1cc(C)cc(C)c1C(N)c1cccc(Cl)c1Cl. The van der Waals surface area contributed by atoms with Crippen LogP contribution in [0, 0.1) is 13.8 Å². The molecule has 2 aromatic carbocycles. The fourth-order valence-electron chi connectivity index (χ4n) is 2.42. The third-order valence-electron chi connectivity index (χ3n) is 3.34. The van der Waals surface area contributed by atoms with Crippen molar-refractivity contribution in [2.45, 2.75) is 19.9 Å². The fraction of sp³-hybridized carbons (Fsp3) is 0.250. The molecule has 0 aliphatic carbocycles. The molecule has 2 rings (SSSR count). The molecule has 0 heterocycles. The van der Waals surface area contributed by atoms with E-state index in [2.05, 4.69) is 6.07 Å². The zero-order chi connectivity index (χ0) is 14.9. The van der Waals surface area contributed by atoms with Gasteiger partial charge in [-0.15, -0.1) is 0 Å². The first-order valence-electron chi connectivity index (χ1n) is 6.30. The number of benzene rings is 2. The van der Waals surface area contributed by atoms with E-state index in [1.165, 1.54) is 0 Å². The predicted octanol–water partition coefficient (Wildman–Crippen LogP) is 4.67. The Morgan fingerprint density at radius 2 is 1.85 bits per heavy atom. The number of rotatable bonds is 3. The Morgan fingerprint density at radius 1 is 1.15 bits per heavy atom. The molecule has 0 fully saturated rings. The molecule has 0 aliphatic rings. The predicted molar refractivity (Wildman–Crippen MR) is 85.0 cm³/mol. The summed E-state index contributed by atoms with van der Waals surface area (Å²) in [6.07, 6.45) is 0. The van der Waals surface area contributed by atoms with Crippen LogP contribution in [0.2, 0.25) is 10.0 Å². The summed E-state index contributed by atoms with van der Waals surface area (Å²) in [5, 5.41) is 0.993. The van der Waals surface area contributed by atoms with Crippen LogP contribution >= 0.6 is 23.2 Å². The van der Waals surface area contributed by atoms with E-state index in [1.807, 2.05) is 32.0 Å². The molecule has 0 saturated heterocycles. The van der Waals surface area contributed by atoms with Gasteiger partial charge in [0.05, 0.1) is 23.2 Å². The van der Waals surface area contributed by atoms with Crippen LogP contribution in [0.4, 0.5) is 0 Å². The Bertz CT molecular complexity index is 641. The van der Waals surface area contributed by atoms with Gasteiger partial charge in [-0.25, -0.2) is 0 Å². The number of ether oxygens (including phenoxy) is 1. The van der Waals surface area contributed by atoms with Crippen LogP contribution in [0.3, 0.4) is 0 Å². The molecule has 0 amide bonds. The second-order valence-electron chi connectivity index (χ2n) is 4.82. The Morgan fingerprint density at radius 3 is 2.50 bits per heavy atom. The number of halogens is 2. The molecule has 2 aromatic rings. The van der Waals surface area contributed by atoms with Crippen LogP contribution in [0.25, 0.3) is 0 Å². The van der Waals surface area contributed by atoms with Crippen molar-refractivity contribution in [1.29, 1.82) is 0 Å². The quantitative estimate of drug-likeness (QED) is 0.894. The van der Waals surface area contributed by atoms with E-state index in [9.17, 15) is 0 Å². The number of nitrogens with two attached hydrogens (primary N) is 1. The second-order valence-corrected chi connectivity index (χ2v) is 5.60. The molecule has 20 heavy (non-hydrogen) atoms. The van der Waals surface area contributed by atoms with Gasteiger partial charge in [0.2, 0.25) is 0 Å². The zero-order valence-corrected chi connectivity index (χ0v) is 13.2. The van der Waals surface area contributed by atoms with Crippen molar-refractivity contribution in [2.24, 2.45) is 5.73 Å². The Kier molecular flexibility index (Phi) is 4.59. The van der Waals surface area contributed by atoms with Crippen molar-refractivity contribution in [3.63, 3.8) is 0 Å². The van der Waals surface area contributed by atoms with Crippen LogP contribution in [0.5, 0.6) is 5.75 Å². The van der Waals surface area contributed by atoms with Crippen LogP contribution in [0.1, 0.15) is 28.3 Å². The standard InChI is InChI=1S/C16H17Cl2NO/c1-9-7-10(2)14(13(8-9)20-3)16(19)11-5-4-6-12(17)15(11)18/h4-8,16H,19H2,1-3H3. The minimum absolute atomic E-state index is 0.378. The monoisotopic (exact) mass is 309 g/mol. The average molecular weight is 310 g/mol. The number of hydrogen-bond donors (Lipinski definition) is 1. The third-order valence-corrected chi connectivity index (χ3v) is 4.17. The summed E-state index contributed by atoms with van der Waals surface area (Å²) in [5.74, 6) is 0.769. The highest BCUT2D eigenvalue weighted by Crippen LogP contribution is 2.37. The van der Waals surface area contributed by atoms with Gasteiger partial charge < -0.3 is 10.5 Å². The van der Waals surface area contributed by atoms with E-state index in [-0.39, 0.29) is 6.04 Å². The maximum Gasteiger partial charge on any atom is 0.124 e. The summed E-state index contributed by atoms with van der Waals surface area (Å²) in [6.45, 7) is 4.04. The fourth-order valence-corrected chi connectivity index (χ4v) is 2.85. The first kappa shape index (κ1) is 15.2. The van der Waals surface area contributed by atoms with Gasteiger partial charge in [-0.3, -0.25) is 0 Å². The van der Waals surface area contributed by atoms with Gasteiger partial charge in [0.1, 0.15) is 5.75 Å². The third kappa shape index (κ3) is 2.78. The van der Waals surface area contributed by atoms with E-state index >= 15 is 0 Å². The molecule has 2 N–H and O–H groups in total. The van der Waals surface area contributed by atoms with E-state index in [1.54, 1.807) is 13.2 Å². The summed E-state index contributed by atoms with van der Waals surface area (Å²) in [6, 6.07) is 9.16. The highest BCUT2D eigenvalue weighted by molar-refractivity contribution is 6.42. The molecule has 0 aliphatic heterocycles. The number of methoxy groups -OCH3 is 1. The van der Waals surface area contributed by atoms with Crippen molar-refractivity contribution >= 4 is 23.2 Å². The maximum absolute atomic E-state index is 6.39. The highest BCUT2D eigenvalue weighted by atomic mass is 35.5. The van der Waals surface area contributed by atoms with Gasteiger partial charge in [-0.1, -0.05) is 41.4 Å². The minimum Gasteiger partial charge on any atom is -0.496 e. The van der Waals surface area contributed by atoms with Crippen molar-refractivity contribution in [1.82, 2.24) is 0 Å². The molecule has 0 radical (unpaired) electrons.